The molecule has 0 heterocycles. The van der Waals surface area contributed by atoms with Gasteiger partial charge in [0.2, 0.25) is 0 Å². The Morgan fingerprint density at radius 1 is 1.67 bits per heavy atom. The highest BCUT2D eigenvalue weighted by Crippen LogP contribution is 1.87. The fourth-order valence-electron chi connectivity index (χ4n) is 0.381. The first-order chi connectivity index (χ1) is 4.31. The fourth-order valence-corrected chi connectivity index (χ4v) is 0.381. The van der Waals surface area contributed by atoms with E-state index >= 15 is 0 Å². The summed E-state index contributed by atoms with van der Waals surface area (Å²) < 4.78 is 4.39. The second-order valence-corrected chi connectivity index (χ2v) is 1.54. The first-order valence-corrected chi connectivity index (χ1v) is 2.82. The Morgan fingerprint density at radius 3 is 2.78 bits per heavy atom. The summed E-state index contributed by atoms with van der Waals surface area (Å²) in [6.07, 6.45) is 4.65. The van der Waals surface area contributed by atoms with Crippen LogP contribution in [-0.4, -0.2) is 13.1 Å². The number of carbonyl (C=O) groups is 1. The van der Waals surface area contributed by atoms with Crippen molar-refractivity contribution in [2.24, 2.45) is 0 Å². The summed E-state index contributed by atoms with van der Waals surface area (Å²) in [4.78, 5) is 10.4. The van der Waals surface area contributed by atoms with E-state index in [0.717, 1.165) is 6.42 Å². The predicted molar refractivity (Wildman–Crippen MR) is 35.7 cm³/mol. The van der Waals surface area contributed by atoms with Gasteiger partial charge in [0.05, 0.1) is 13.5 Å². The average molecular weight is 127 g/mol. The lowest BCUT2D eigenvalue weighted by molar-refractivity contribution is -0.139. The summed E-state index contributed by atoms with van der Waals surface area (Å²) in [5.41, 5.74) is 0. The smallest absolute Gasteiger partial charge is 0.309 e. The minimum absolute atomic E-state index is 0.209. The third-order valence-corrected chi connectivity index (χ3v) is 0.846. The molecule has 0 aliphatic heterocycles. The van der Waals surface area contributed by atoms with Gasteiger partial charge in [0.1, 0.15) is 0 Å². The molecule has 1 radical (unpaired) electrons. The Labute approximate surface area is 55.5 Å². The Morgan fingerprint density at radius 2 is 2.33 bits per heavy atom. The van der Waals surface area contributed by atoms with E-state index in [-0.39, 0.29) is 5.97 Å². The van der Waals surface area contributed by atoms with Gasteiger partial charge in [-0.25, -0.2) is 0 Å². The van der Waals surface area contributed by atoms with Gasteiger partial charge < -0.3 is 4.74 Å². The number of hydrogen-bond acceptors (Lipinski definition) is 2. The van der Waals surface area contributed by atoms with Gasteiger partial charge in [-0.1, -0.05) is 12.2 Å². The number of ether oxygens (including phenoxy) is 1. The van der Waals surface area contributed by atoms with Crippen LogP contribution in [0.3, 0.4) is 0 Å². The summed E-state index contributed by atoms with van der Waals surface area (Å²) in [6.45, 7) is 3.57. The van der Waals surface area contributed by atoms with E-state index in [1.807, 2.05) is 6.08 Å². The molecule has 9 heavy (non-hydrogen) atoms. The molecular formula is C7H11O2. The summed E-state index contributed by atoms with van der Waals surface area (Å²) >= 11 is 0. The van der Waals surface area contributed by atoms with E-state index in [9.17, 15) is 4.79 Å². The standard InChI is InChI=1S/C7H11O2/c1-3-4-5-6-7(8)9-2/h4-5H,1,3,6H2,2H3/b5-4+. The SMILES string of the molecule is [CH2]C/C=C/CC(=O)OC. The minimum atomic E-state index is -0.209. The third-order valence-electron chi connectivity index (χ3n) is 0.846. The van der Waals surface area contributed by atoms with E-state index in [2.05, 4.69) is 11.7 Å². The molecule has 0 rings (SSSR count). The Bertz CT molecular complexity index is 105. The monoisotopic (exact) mass is 127 g/mol. The predicted octanol–water partition coefficient (Wildman–Crippen LogP) is 1.33. The van der Waals surface area contributed by atoms with Crippen molar-refractivity contribution < 1.29 is 9.53 Å². The zero-order valence-electron chi connectivity index (χ0n) is 5.59. The van der Waals surface area contributed by atoms with Gasteiger partial charge in [0, 0.05) is 0 Å². The van der Waals surface area contributed by atoms with Crippen molar-refractivity contribution in [3.05, 3.63) is 19.1 Å². The first-order valence-electron chi connectivity index (χ1n) is 2.82. The third kappa shape index (κ3) is 5.07. The van der Waals surface area contributed by atoms with E-state index in [1.165, 1.54) is 7.11 Å². The van der Waals surface area contributed by atoms with Crippen molar-refractivity contribution in [2.45, 2.75) is 12.8 Å². The second-order valence-electron chi connectivity index (χ2n) is 1.54. The lowest BCUT2D eigenvalue weighted by atomic mass is 10.3. The molecule has 0 unspecified atom stereocenters. The largest absolute Gasteiger partial charge is 0.469 e. The van der Waals surface area contributed by atoms with Crippen LogP contribution in [0.2, 0.25) is 0 Å². The van der Waals surface area contributed by atoms with Crippen molar-refractivity contribution in [1.82, 2.24) is 0 Å². The van der Waals surface area contributed by atoms with Gasteiger partial charge in [0.25, 0.3) is 0 Å². The van der Waals surface area contributed by atoms with E-state index in [1.54, 1.807) is 6.08 Å². The van der Waals surface area contributed by atoms with Crippen LogP contribution in [0.4, 0.5) is 0 Å². The lowest BCUT2D eigenvalue weighted by Crippen LogP contribution is -1.96. The quantitative estimate of drug-likeness (QED) is 0.422. The van der Waals surface area contributed by atoms with Crippen LogP contribution >= 0.6 is 0 Å². The summed E-state index contributed by atoms with van der Waals surface area (Å²) in [5, 5.41) is 0. The van der Waals surface area contributed by atoms with Gasteiger partial charge in [-0.05, 0) is 13.3 Å². The normalized spacial score (nSPS) is 10.0. The summed E-state index contributed by atoms with van der Waals surface area (Å²) in [7, 11) is 1.38. The molecule has 0 aliphatic carbocycles. The zero-order chi connectivity index (χ0) is 7.11. The van der Waals surface area contributed by atoms with Crippen molar-refractivity contribution in [3.8, 4) is 0 Å². The summed E-state index contributed by atoms with van der Waals surface area (Å²) in [6, 6.07) is 0. The van der Waals surface area contributed by atoms with Crippen LogP contribution < -0.4 is 0 Å². The van der Waals surface area contributed by atoms with Gasteiger partial charge in [-0.3, -0.25) is 4.79 Å². The molecule has 0 amide bonds. The van der Waals surface area contributed by atoms with Crippen molar-refractivity contribution in [3.63, 3.8) is 0 Å². The number of allylic oxidation sites excluding steroid dienone is 1. The van der Waals surface area contributed by atoms with Crippen molar-refractivity contribution >= 4 is 5.97 Å². The molecule has 0 spiro atoms. The molecule has 0 aromatic rings. The number of hydrogen-bond donors (Lipinski definition) is 0. The number of rotatable bonds is 3. The maximum atomic E-state index is 10.4. The van der Waals surface area contributed by atoms with Crippen LogP contribution in [0, 0.1) is 6.92 Å². The van der Waals surface area contributed by atoms with E-state index < -0.39 is 0 Å². The Kier molecular flexibility index (Phi) is 4.88. The van der Waals surface area contributed by atoms with Gasteiger partial charge in [-0.2, -0.15) is 0 Å². The Hall–Kier alpha value is -0.790. The maximum absolute atomic E-state index is 10.4. The molecule has 51 valence electrons. The fraction of sp³-hybridized carbons (Fsp3) is 0.429. The molecule has 0 N–H and O–H groups in total. The zero-order valence-corrected chi connectivity index (χ0v) is 5.59. The Balaban J connectivity index is 3.26. The molecule has 0 aliphatic rings. The molecule has 0 aromatic carbocycles. The van der Waals surface area contributed by atoms with Crippen LogP contribution in [0.15, 0.2) is 12.2 Å². The highest BCUT2D eigenvalue weighted by Gasteiger charge is 1.91. The van der Waals surface area contributed by atoms with Gasteiger partial charge in [-0.15, -0.1) is 0 Å². The first kappa shape index (κ1) is 8.21. The van der Waals surface area contributed by atoms with E-state index in [0.29, 0.717) is 6.42 Å². The van der Waals surface area contributed by atoms with Gasteiger partial charge >= 0.3 is 5.97 Å². The van der Waals surface area contributed by atoms with Crippen LogP contribution in [0.25, 0.3) is 0 Å². The minimum Gasteiger partial charge on any atom is -0.469 e. The second kappa shape index (κ2) is 5.35. The van der Waals surface area contributed by atoms with Crippen molar-refractivity contribution in [1.29, 1.82) is 0 Å². The summed E-state index contributed by atoms with van der Waals surface area (Å²) in [5.74, 6) is -0.209. The number of carbonyl (C=O) groups excluding carboxylic acids is 1. The molecular weight excluding hydrogens is 116 g/mol. The van der Waals surface area contributed by atoms with Crippen LogP contribution in [-0.2, 0) is 9.53 Å². The molecule has 0 saturated carbocycles. The maximum Gasteiger partial charge on any atom is 0.309 e. The molecule has 0 bridgehead atoms. The number of esters is 1. The molecule has 0 atom stereocenters. The van der Waals surface area contributed by atoms with Crippen molar-refractivity contribution in [2.75, 3.05) is 7.11 Å². The van der Waals surface area contributed by atoms with Gasteiger partial charge in [0.15, 0.2) is 0 Å². The molecule has 2 heteroatoms. The molecule has 0 fully saturated rings. The number of methoxy groups -OCH3 is 1. The van der Waals surface area contributed by atoms with E-state index in [4.69, 9.17) is 0 Å². The topological polar surface area (TPSA) is 26.3 Å². The molecule has 0 saturated heterocycles. The molecule has 0 aromatic heterocycles. The average Bonchev–Trinajstić information content (AvgIpc) is 1.89. The molecule has 2 nitrogen and oxygen atoms in total. The highest BCUT2D eigenvalue weighted by molar-refractivity contribution is 5.70. The van der Waals surface area contributed by atoms with Crippen LogP contribution in [0.5, 0.6) is 0 Å². The highest BCUT2D eigenvalue weighted by atomic mass is 16.5. The van der Waals surface area contributed by atoms with Crippen LogP contribution in [0.1, 0.15) is 12.8 Å². The lowest BCUT2D eigenvalue weighted by Gasteiger charge is -1.90.